The fourth-order valence-corrected chi connectivity index (χ4v) is 0.836. The third kappa shape index (κ3) is 1.67. The Bertz CT molecular complexity index is 235. The normalized spacial score (nSPS) is 17.6. The molecule has 0 heterocycles. The topological polar surface area (TPSA) is 37.3 Å². The predicted octanol–water partition coefficient (Wildman–Crippen LogP) is 2.68. The molecule has 0 fully saturated rings. The molecule has 0 spiro atoms. The van der Waals surface area contributed by atoms with E-state index in [0.717, 1.165) is 6.92 Å². The van der Waals surface area contributed by atoms with Crippen LogP contribution in [0.15, 0.2) is 0 Å². The Hall–Kier alpha value is -0.880. The largest absolute Gasteiger partial charge is 0.477 e. The fourth-order valence-electron chi connectivity index (χ4n) is 0.836. The van der Waals surface area contributed by atoms with Crippen molar-refractivity contribution in [3.05, 3.63) is 0 Å². The Morgan fingerprint density at radius 2 is 1.57 bits per heavy atom. The zero-order valence-corrected chi connectivity index (χ0v) is 7.45. The van der Waals surface area contributed by atoms with Gasteiger partial charge in [-0.05, 0) is 13.3 Å². The van der Waals surface area contributed by atoms with Crippen molar-refractivity contribution in [3.8, 4) is 0 Å². The highest BCUT2D eigenvalue weighted by atomic mass is 19.4. The van der Waals surface area contributed by atoms with E-state index >= 15 is 0 Å². The molecule has 0 bridgehead atoms. The van der Waals surface area contributed by atoms with Crippen molar-refractivity contribution in [2.75, 3.05) is 0 Å². The number of carboxylic acids is 1. The van der Waals surface area contributed by atoms with Gasteiger partial charge in [-0.25, -0.2) is 4.79 Å². The smallest absolute Gasteiger partial charge is 0.400 e. The molecule has 1 atom stereocenters. The molecule has 14 heavy (non-hydrogen) atoms. The molecule has 0 aliphatic carbocycles. The van der Waals surface area contributed by atoms with E-state index in [-0.39, 0.29) is 6.92 Å². The fraction of sp³-hybridized carbons (Fsp3) is 0.857. The van der Waals surface area contributed by atoms with Crippen molar-refractivity contribution in [2.45, 2.75) is 32.4 Å². The molecular formula is C7H9F5O2. The van der Waals surface area contributed by atoms with Gasteiger partial charge in [-0.2, -0.15) is 22.0 Å². The summed E-state index contributed by atoms with van der Waals surface area (Å²) in [4.78, 5) is 10.0. The summed E-state index contributed by atoms with van der Waals surface area (Å²) >= 11 is 0. The minimum Gasteiger partial charge on any atom is -0.477 e. The Kier molecular flexibility index (Phi) is 3.15. The van der Waals surface area contributed by atoms with Crippen molar-refractivity contribution < 1.29 is 31.9 Å². The van der Waals surface area contributed by atoms with Crippen molar-refractivity contribution in [1.29, 1.82) is 0 Å². The maximum Gasteiger partial charge on any atom is 0.400 e. The van der Waals surface area contributed by atoms with Crippen LogP contribution in [0.25, 0.3) is 0 Å². The number of carboxylic acid groups (broad SMARTS) is 1. The quantitative estimate of drug-likeness (QED) is 0.742. The van der Waals surface area contributed by atoms with Gasteiger partial charge in [0.15, 0.2) is 0 Å². The molecule has 0 aliphatic rings. The van der Waals surface area contributed by atoms with Gasteiger partial charge in [0, 0.05) is 0 Å². The van der Waals surface area contributed by atoms with Gasteiger partial charge in [0.05, 0.1) is 0 Å². The second-order valence-corrected chi connectivity index (χ2v) is 3.06. The van der Waals surface area contributed by atoms with Gasteiger partial charge in [-0.15, -0.1) is 0 Å². The molecule has 0 radical (unpaired) electrons. The molecule has 0 saturated heterocycles. The molecule has 0 aromatic carbocycles. The maximum atomic E-state index is 12.8. The first-order chi connectivity index (χ1) is 6.00. The van der Waals surface area contributed by atoms with E-state index in [1.165, 1.54) is 0 Å². The number of hydrogen-bond acceptors (Lipinski definition) is 1. The van der Waals surface area contributed by atoms with Crippen LogP contribution in [0.5, 0.6) is 0 Å². The summed E-state index contributed by atoms with van der Waals surface area (Å²) < 4.78 is 62.2. The highest BCUT2D eigenvalue weighted by molar-refractivity contribution is 5.76. The molecule has 7 heteroatoms. The molecule has 0 amide bonds. The van der Waals surface area contributed by atoms with Crippen LogP contribution in [-0.4, -0.2) is 23.2 Å². The maximum absolute atomic E-state index is 12.8. The first kappa shape index (κ1) is 13.1. The molecule has 1 N–H and O–H groups in total. The Labute approximate surface area is 76.7 Å². The summed E-state index contributed by atoms with van der Waals surface area (Å²) in [7, 11) is 0. The monoisotopic (exact) mass is 220 g/mol. The molecule has 0 unspecified atom stereocenters. The van der Waals surface area contributed by atoms with E-state index in [2.05, 4.69) is 0 Å². The Morgan fingerprint density at radius 3 is 1.64 bits per heavy atom. The lowest BCUT2D eigenvalue weighted by molar-refractivity contribution is -0.290. The summed E-state index contributed by atoms with van der Waals surface area (Å²) in [5, 5.41) is 8.02. The molecule has 0 aliphatic heterocycles. The van der Waals surface area contributed by atoms with Crippen molar-refractivity contribution >= 4 is 5.97 Å². The lowest BCUT2D eigenvalue weighted by Gasteiger charge is -2.35. The van der Waals surface area contributed by atoms with E-state index in [1.807, 2.05) is 0 Å². The van der Waals surface area contributed by atoms with E-state index in [1.54, 1.807) is 0 Å². The number of hydrogen-bond donors (Lipinski definition) is 1. The van der Waals surface area contributed by atoms with Gasteiger partial charge in [0.1, 0.15) is 5.41 Å². The average molecular weight is 220 g/mol. The summed E-state index contributed by atoms with van der Waals surface area (Å²) in [5.74, 6) is -7.58. The van der Waals surface area contributed by atoms with Crippen molar-refractivity contribution in [3.63, 3.8) is 0 Å². The van der Waals surface area contributed by atoms with Crippen LogP contribution in [0.2, 0.25) is 0 Å². The van der Waals surface area contributed by atoms with E-state index in [0.29, 0.717) is 0 Å². The SMILES string of the molecule is CC[C@@](C)(C(F)(F)F)C(F)(F)C(=O)O. The van der Waals surface area contributed by atoms with Crippen LogP contribution in [-0.2, 0) is 4.79 Å². The summed E-state index contributed by atoms with van der Waals surface area (Å²) in [6, 6.07) is 0. The molecule has 0 aromatic rings. The van der Waals surface area contributed by atoms with Crippen LogP contribution in [0.1, 0.15) is 20.3 Å². The van der Waals surface area contributed by atoms with Crippen LogP contribution < -0.4 is 0 Å². The van der Waals surface area contributed by atoms with E-state index < -0.39 is 29.9 Å². The summed E-state index contributed by atoms with van der Waals surface area (Å²) in [5.41, 5.74) is -3.54. The summed E-state index contributed by atoms with van der Waals surface area (Å²) in [6.45, 7) is 1.06. The van der Waals surface area contributed by atoms with Gasteiger partial charge in [0.2, 0.25) is 0 Å². The van der Waals surface area contributed by atoms with Crippen LogP contribution in [0, 0.1) is 5.41 Å². The van der Waals surface area contributed by atoms with E-state index in [9.17, 15) is 26.7 Å². The lowest BCUT2D eigenvalue weighted by atomic mass is 9.80. The van der Waals surface area contributed by atoms with Crippen LogP contribution >= 0.6 is 0 Å². The molecule has 0 aromatic heterocycles. The standard InChI is InChI=1S/C7H9F5O2/c1-3-5(2,7(10,11)12)6(8,9)4(13)14/h3H2,1-2H3,(H,13,14)/t5-/m1/s1. The zero-order valence-electron chi connectivity index (χ0n) is 7.45. The summed E-state index contributed by atoms with van der Waals surface area (Å²) in [6.07, 6.45) is -6.26. The van der Waals surface area contributed by atoms with Gasteiger partial charge in [0.25, 0.3) is 0 Å². The van der Waals surface area contributed by atoms with Gasteiger partial charge >= 0.3 is 18.1 Å². The number of halogens is 5. The minimum absolute atomic E-state index is 0.196. The highest BCUT2D eigenvalue weighted by Crippen LogP contribution is 2.51. The predicted molar refractivity (Wildman–Crippen MR) is 37.0 cm³/mol. The molecule has 2 nitrogen and oxygen atoms in total. The van der Waals surface area contributed by atoms with E-state index in [4.69, 9.17) is 5.11 Å². The lowest BCUT2D eigenvalue weighted by Crippen LogP contribution is -2.53. The van der Waals surface area contributed by atoms with Gasteiger partial charge < -0.3 is 5.11 Å². The minimum atomic E-state index is -5.26. The van der Waals surface area contributed by atoms with Crippen molar-refractivity contribution in [1.82, 2.24) is 0 Å². The second-order valence-electron chi connectivity index (χ2n) is 3.06. The van der Waals surface area contributed by atoms with Crippen LogP contribution in [0.4, 0.5) is 22.0 Å². The highest BCUT2D eigenvalue weighted by Gasteiger charge is 2.68. The third-order valence-electron chi connectivity index (χ3n) is 2.29. The van der Waals surface area contributed by atoms with Crippen LogP contribution in [0.3, 0.4) is 0 Å². The molecular weight excluding hydrogens is 211 g/mol. The average Bonchev–Trinajstić information content (AvgIpc) is 2.00. The van der Waals surface area contributed by atoms with Gasteiger partial charge in [-0.3, -0.25) is 0 Å². The second kappa shape index (κ2) is 3.36. The first-order valence-electron chi connectivity index (χ1n) is 3.68. The molecule has 84 valence electrons. The van der Waals surface area contributed by atoms with Gasteiger partial charge in [-0.1, -0.05) is 6.92 Å². The molecule has 0 saturated carbocycles. The third-order valence-corrected chi connectivity index (χ3v) is 2.29. The van der Waals surface area contributed by atoms with Crippen molar-refractivity contribution in [2.24, 2.45) is 5.41 Å². The Balaban J connectivity index is 5.36. The number of carbonyl (C=O) groups is 1. The number of aliphatic carboxylic acids is 1. The zero-order chi connectivity index (χ0) is 11.8. The first-order valence-corrected chi connectivity index (χ1v) is 3.68. The Morgan fingerprint density at radius 1 is 1.21 bits per heavy atom. The number of alkyl halides is 5. The molecule has 0 rings (SSSR count). The number of rotatable bonds is 3.